The lowest BCUT2D eigenvalue weighted by molar-refractivity contribution is -0.137. The summed E-state index contributed by atoms with van der Waals surface area (Å²) in [6.07, 6.45) is 7.73. The van der Waals surface area contributed by atoms with Crippen LogP contribution in [0.2, 0.25) is 0 Å². The lowest BCUT2D eigenvalue weighted by Crippen LogP contribution is -2.51. The number of nitrogens with one attached hydrogen (secondary N) is 2. The van der Waals surface area contributed by atoms with Gasteiger partial charge in [-0.3, -0.25) is 24.6 Å². The molecule has 2 fully saturated rings. The van der Waals surface area contributed by atoms with E-state index in [1.165, 1.54) is 48.0 Å². The number of allylic oxidation sites excluding steroid dienone is 1. The summed E-state index contributed by atoms with van der Waals surface area (Å²) in [6, 6.07) is 17.8. The number of hydrogen-bond donors (Lipinski definition) is 4. The third-order valence-corrected chi connectivity index (χ3v) is 12.0. The summed E-state index contributed by atoms with van der Waals surface area (Å²) in [7, 11) is -0.656. The number of sulfone groups is 1. The van der Waals surface area contributed by atoms with Gasteiger partial charge in [0.2, 0.25) is 27.1 Å². The van der Waals surface area contributed by atoms with Gasteiger partial charge in [-0.05, 0) is 113 Å². The first kappa shape index (κ1) is 47.5. The van der Waals surface area contributed by atoms with E-state index in [9.17, 15) is 22.8 Å². The highest BCUT2D eigenvalue weighted by Gasteiger charge is 2.31. The Hall–Kier alpha value is -6.17. The number of likely N-dealkylation sites (N-methyl/N-ethyl adjacent to an activating group) is 1. The quantitative estimate of drug-likeness (QED) is 0.0741. The van der Waals surface area contributed by atoms with Crippen molar-refractivity contribution in [1.29, 1.82) is 5.41 Å². The normalized spacial score (nSPS) is 17.9. The maximum absolute atomic E-state index is 15.6. The molecular weight excluding hydrogens is 802 g/mol. The van der Waals surface area contributed by atoms with Crippen molar-refractivity contribution in [3.8, 4) is 5.75 Å². The van der Waals surface area contributed by atoms with Crippen LogP contribution in [0.25, 0.3) is 5.57 Å². The molecule has 1 aliphatic heterocycles. The van der Waals surface area contributed by atoms with Crippen molar-refractivity contribution in [3.63, 3.8) is 0 Å². The average Bonchev–Trinajstić information content (AvgIpc) is 3.24. The number of benzene rings is 3. The highest BCUT2D eigenvalue weighted by atomic mass is 32.2. The number of imide groups is 1. The summed E-state index contributed by atoms with van der Waals surface area (Å²) in [6.45, 7) is 9.88. The second-order valence-corrected chi connectivity index (χ2v) is 16.6. The average molecular weight is 856 g/mol. The summed E-state index contributed by atoms with van der Waals surface area (Å²) in [5.41, 5.74) is 13.2. The SMILES string of the molecule is C=Nn1cnc(/C(C=N)=C/N)c(OC(C)C)c1=Nc1ccc(S(=O)(=O)c2cccc(CC3CC(c4ccc(C=O)cc4)C3)c2)cc1F.CCN(C)C1CCC(=O)NC1=O.CN. The summed E-state index contributed by atoms with van der Waals surface area (Å²) in [5.74, 6) is -0.273. The van der Waals surface area contributed by atoms with E-state index in [0.29, 0.717) is 30.2 Å². The summed E-state index contributed by atoms with van der Waals surface area (Å²) >= 11 is 0. The lowest BCUT2D eigenvalue weighted by atomic mass is 9.69. The number of rotatable bonds is 14. The monoisotopic (exact) mass is 855 g/mol. The Morgan fingerprint density at radius 1 is 1.11 bits per heavy atom. The number of carbonyl (C=O) groups excluding carboxylic acids is 3. The number of nitrogens with zero attached hydrogens (tertiary/aromatic N) is 5. The van der Waals surface area contributed by atoms with Crippen LogP contribution in [-0.4, -0.2) is 86.8 Å². The van der Waals surface area contributed by atoms with Gasteiger partial charge < -0.3 is 21.6 Å². The van der Waals surface area contributed by atoms with E-state index in [2.05, 4.69) is 32.8 Å². The van der Waals surface area contributed by atoms with E-state index in [0.717, 1.165) is 49.9 Å². The van der Waals surface area contributed by atoms with Crippen LogP contribution in [0.4, 0.5) is 10.1 Å². The van der Waals surface area contributed by atoms with Gasteiger partial charge in [0.1, 0.15) is 29.8 Å². The van der Waals surface area contributed by atoms with Crippen LogP contribution < -0.4 is 27.0 Å². The molecule has 1 atom stereocenters. The van der Waals surface area contributed by atoms with E-state index < -0.39 is 15.7 Å². The van der Waals surface area contributed by atoms with E-state index in [-0.39, 0.29) is 61.9 Å². The summed E-state index contributed by atoms with van der Waals surface area (Å²) < 4.78 is 49.9. The molecule has 2 amide bonds. The Bertz CT molecular complexity index is 2430. The molecule has 2 aliphatic rings. The van der Waals surface area contributed by atoms with Gasteiger partial charge >= 0.3 is 0 Å². The number of nitrogens with two attached hydrogens (primary N) is 2. The molecule has 6 rings (SSSR count). The van der Waals surface area contributed by atoms with Gasteiger partial charge in [0.05, 0.1) is 21.9 Å². The first-order valence-electron chi connectivity index (χ1n) is 19.8. The third-order valence-electron chi connectivity index (χ3n) is 10.3. The van der Waals surface area contributed by atoms with Crippen LogP contribution in [0.5, 0.6) is 5.75 Å². The van der Waals surface area contributed by atoms with Crippen molar-refractivity contribution in [1.82, 2.24) is 19.9 Å². The molecule has 1 unspecified atom stereocenters. The number of halogens is 1. The third kappa shape index (κ3) is 11.8. The number of hydrogen-bond acceptors (Lipinski definition) is 13. The molecule has 4 aromatic rings. The van der Waals surface area contributed by atoms with Crippen molar-refractivity contribution in [2.24, 2.45) is 27.5 Å². The second-order valence-electron chi connectivity index (χ2n) is 14.6. The molecule has 324 valence electrons. The van der Waals surface area contributed by atoms with Crippen molar-refractivity contribution in [2.75, 3.05) is 20.6 Å². The van der Waals surface area contributed by atoms with E-state index in [1.54, 1.807) is 26.0 Å². The van der Waals surface area contributed by atoms with E-state index in [4.69, 9.17) is 15.9 Å². The maximum atomic E-state index is 15.6. The topological polar surface area (TPSA) is 228 Å². The minimum absolute atomic E-state index is 0.0262. The predicted molar refractivity (Wildman–Crippen MR) is 233 cm³/mol. The van der Waals surface area contributed by atoms with Crippen LogP contribution in [-0.2, 0) is 25.8 Å². The standard InChI is InChI=1S/C35H35FN6O4S.C8H14N2O2.CH5N/c1-22(2)46-34-33(28(18-37)19-38)40-21-42(39-3)35(34)41-32-12-11-30(17-31(32)36)47(44,45)29-6-4-5-24(16-29)13-25-14-27(15-25)26-9-7-23(20-43)8-10-26;1-3-10(2)6-4-5-7(11)9-8(6)12;1-2/h4-12,16-22,25,27,37H,3,13-15,38H2,1-2H3;6H,3-5H2,1-2H3,(H,9,11,12);2H2,1H3/b28-19+,37-18?,41-35?;;. The van der Waals surface area contributed by atoms with Gasteiger partial charge in [0.25, 0.3) is 0 Å². The molecule has 2 heterocycles. The van der Waals surface area contributed by atoms with Crippen LogP contribution >= 0.6 is 0 Å². The molecule has 1 aromatic heterocycles. The number of aromatic nitrogens is 2. The van der Waals surface area contributed by atoms with Gasteiger partial charge in [0.15, 0.2) is 5.75 Å². The zero-order valence-electron chi connectivity index (χ0n) is 35.0. The Morgan fingerprint density at radius 3 is 2.38 bits per heavy atom. The fourth-order valence-corrected chi connectivity index (χ4v) is 8.24. The predicted octanol–water partition coefficient (Wildman–Crippen LogP) is 5.15. The Labute approximate surface area is 355 Å². The number of carbonyl (C=O) groups is 3. The maximum Gasteiger partial charge on any atom is 0.243 e. The molecule has 6 N–H and O–H groups in total. The molecule has 1 aliphatic carbocycles. The minimum atomic E-state index is -4.05. The Morgan fingerprint density at radius 2 is 1.80 bits per heavy atom. The first-order valence-corrected chi connectivity index (χ1v) is 21.2. The van der Waals surface area contributed by atoms with E-state index >= 15 is 4.39 Å². The van der Waals surface area contributed by atoms with Gasteiger partial charge in [-0.2, -0.15) is 5.10 Å². The number of amides is 2. The Balaban J connectivity index is 0.000000500. The van der Waals surface area contributed by atoms with Crippen LogP contribution in [0.1, 0.15) is 79.6 Å². The molecule has 0 bridgehead atoms. The fraction of sp³-hybridized carbons (Fsp3) is 0.341. The second kappa shape index (κ2) is 21.9. The number of aldehydes is 1. The molecule has 0 radical (unpaired) electrons. The van der Waals surface area contributed by atoms with Gasteiger partial charge in [-0.25, -0.2) is 27.5 Å². The highest BCUT2D eigenvalue weighted by molar-refractivity contribution is 7.91. The molecule has 0 spiro atoms. The van der Waals surface area contributed by atoms with Crippen molar-refractivity contribution in [2.45, 2.75) is 80.7 Å². The van der Waals surface area contributed by atoms with Crippen molar-refractivity contribution in [3.05, 3.63) is 113 Å². The molecule has 1 saturated carbocycles. The van der Waals surface area contributed by atoms with Crippen molar-refractivity contribution < 1.29 is 31.9 Å². The molecule has 17 heteroatoms. The number of ether oxygens (including phenoxy) is 1. The highest BCUT2D eigenvalue weighted by Crippen LogP contribution is 2.43. The number of piperidine rings is 1. The summed E-state index contributed by atoms with van der Waals surface area (Å²) in [4.78, 5) is 43.4. The van der Waals surface area contributed by atoms with Gasteiger partial charge in [-0.15, -0.1) is 0 Å². The molecule has 3 aromatic carbocycles. The largest absolute Gasteiger partial charge is 0.485 e. The first-order chi connectivity index (χ1) is 29.2. The van der Waals surface area contributed by atoms with Crippen LogP contribution in [0.15, 0.2) is 99.1 Å². The zero-order valence-corrected chi connectivity index (χ0v) is 35.9. The smallest absolute Gasteiger partial charge is 0.243 e. The zero-order chi connectivity index (χ0) is 44.9. The Kier molecular flexibility index (Phi) is 17.1. The molecule has 15 nitrogen and oxygen atoms in total. The minimum Gasteiger partial charge on any atom is -0.485 e. The molecule has 1 saturated heterocycles. The molecular formula is C44H54FN9O6S. The van der Waals surface area contributed by atoms with E-state index in [1.807, 2.05) is 49.2 Å². The van der Waals surface area contributed by atoms with Crippen LogP contribution in [0.3, 0.4) is 0 Å². The van der Waals surface area contributed by atoms with Gasteiger partial charge in [-0.1, -0.05) is 43.3 Å². The van der Waals surface area contributed by atoms with Gasteiger partial charge in [0, 0.05) is 36.7 Å². The fourth-order valence-electron chi connectivity index (χ4n) is 6.90. The summed E-state index contributed by atoms with van der Waals surface area (Å²) in [5, 5.41) is 13.9. The molecule has 61 heavy (non-hydrogen) atoms. The van der Waals surface area contributed by atoms with Crippen LogP contribution in [0, 0.1) is 17.1 Å². The lowest BCUT2D eigenvalue weighted by Gasteiger charge is -2.36. The van der Waals surface area contributed by atoms with Crippen molar-refractivity contribution >= 4 is 52.1 Å².